The van der Waals surface area contributed by atoms with Crippen molar-refractivity contribution in [3.63, 3.8) is 0 Å². The van der Waals surface area contributed by atoms with E-state index in [-0.39, 0.29) is 0 Å². The van der Waals surface area contributed by atoms with Crippen LogP contribution in [0.2, 0.25) is 0 Å². The third-order valence-corrected chi connectivity index (χ3v) is 2.83. The van der Waals surface area contributed by atoms with Gasteiger partial charge in [0.1, 0.15) is 0 Å². The lowest BCUT2D eigenvalue weighted by molar-refractivity contribution is -0.0288. The average Bonchev–Trinajstić information content (AvgIpc) is 2.05. The van der Waals surface area contributed by atoms with Crippen LogP contribution in [0.1, 0.15) is 32.6 Å². The zero-order valence-corrected chi connectivity index (χ0v) is 7.52. The molecule has 1 fully saturated rings. The summed E-state index contributed by atoms with van der Waals surface area (Å²) in [6.45, 7) is 5.30. The normalized spacial score (nSPS) is 31.6. The van der Waals surface area contributed by atoms with Gasteiger partial charge in [0.15, 0.2) is 0 Å². The van der Waals surface area contributed by atoms with Gasteiger partial charge in [0.2, 0.25) is 0 Å². The predicted molar refractivity (Wildman–Crippen MR) is 46.3 cm³/mol. The molecular formula is C10H16F2. The van der Waals surface area contributed by atoms with E-state index >= 15 is 0 Å². The first-order chi connectivity index (χ1) is 5.56. The highest BCUT2D eigenvalue weighted by Gasteiger charge is 2.37. The van der Waals surface area contributed by atoms with Gasteiger partial charge in [-0.15, -0.1) is 0 Å². The van der Waals surface area contributed by atoms with Crippen LogP contribution in [0.25, 0.3) is 0 Å². The van der Waals surface area contributed by atoms with Crippen LogP contribution in [0.15, 0.2) is 12.7 Å². The molecule has 1 rings (SSSR count). The van der Waals surface area contributed by atoms with E-state index in [1.165, 1.54) is 0 Å². The molecule has 0 saturated heterocycles. The maximum atomic E-state index is 13.0. The molecule has 0 atom stereocenters. The maximum Gasteiger partial charge on any atom is 0.268 e. The molecule has 0 aromatic carbocycles. The van der Waals surface area contributed by atoms with E-state index in [9.17, 15) is 8.78 Å². The van der Waals surface area contributed by atoms with Crippen LogP contribution in [0.5, 0.6) is 0 Å². The van der Waals surface area contributed by atoms with Crippen molar-refractivity contribution in [2.75, 3.05) is 0 Å². The minimum atomic E-state index is -2.64. The maximum absolute atomic E-state index is 13.0. The SMILES string of the molecule is C=CC(F)(F)C1CCC(C)CC1. The van der Waals surface area contributed by atoms with Gasteiger partial charge in [0, 0.05) is 5.92 Å². The van der Waals surface area contributed by atoms with Crippen LogP contribution < -0.4 is 0 Å². The second-order valence-corrected chi connectivity index (χ2v) is 3.84. The minimum Gasteiger partial charge on any atom is -0.202 e. The molecule has 0 radical (unpaired) electrons. The van der Waals surface area contributed by atoms with Crippen molar-refractivity contribution in [3.05, 3.63) is 12.7 Å². The van der Waals surface area contributed by atoms with Crippen LogP contribution >= 0.6 is 0 Å². The van der Waals surface area contributed by atoms with E-state index in [4.69, 9.17) is 0 Å². The van der Waals surface area contributed by atoms with Crippen molar-refractivity contribution in [1.82, 2.24) is 0 Å². The summed E-state index contributed by atoms with van der Waals surface area (Å²) in [5, 5.41) is 0. The summed E-state index contributed by atoms with van der Waals surface area (Å²) in [6, 6.07) is 0. The fourth-order valence-electron chi connectivity index (χ4n) is 1.81. The van der Waals surface area contributed by atoms with Crippen molar-refractivity contribution in [1.29, 1.82) is 0 Å². The monoisotopic (exact) mass is 174 g/mol. The molecule has 1 aliphatic rings. The molecule has 0 aliphatic heterocycles. The Hall–Kier alpha value is -0.400. The van der Waals surface area contributed by atoms with Gasteiger partial charge in [0.25, 0.3) is 5.92 Å². The molecule has 70 valence electrons. The van der Waals surface area contributed by atoms with Crippen LogP contribution in [0.4, 0.5) is 8.78 Å². The van der Waals surface area contributed by atoms with Gasteiger partial charge in [-0.05, 0) is 24.8 Å². The van der Waals surface area contributed by atoms with E-state index in [0.717, 1.165) is 18.9 Å². The second kappa shape index (κ2) is 3.55. The van der Waals surface area contributed by atoms with E-state index in [2.05, 4.69) is 13.5 Å². The molecule has 0 aromatic heterocycles. The average molecular weight is 174 g/mol. The lowest BCUT2D eigenvalue weighted by Crippen LogP contribution is -2.29. The third kappa shape index (κ3) is 2.05. The number of hydrogen-bond donors (Lipinski definition) is 0. The Morgan fingerprint density at radius 2 is 1.75 bits per heavy atom. The number of halogens is 2. The number of alkyl halides is 2. The summed E-state index contributed by atoms with van der Waals surface area (Å²) in [4.78, 5) is 0. The minimum absolute atomic E-state index is 0.453. The Morgan fingerprint density at radius 3 is 2.17 bits per heavy atom. The molecule has 12 heavy (non-hydrogen) atoms. The lowest BCUT2D eigenvalue weighted by atomic mass is 9.80. The molecule has 0 spiro atoms. The molecule has 0 aromatic rings. The molecule has 0 bridgehead atoms. The predicted octanol–water partition coefficient (Wildman–Crippen LogP) is 3.63. The third-order valence-electron chi connectivity index (χ3n) is 2.83. The molecule has 0 heterocycles. The quantitative estimate of drug-likeness (QED) is 0.561. The van der Waals surface area contributed by atoms with E-state index in [0.29, 0.717) is 18.8 Å². The van der Waals surface area contributed by atoms with Gasteiger partial charge in [-0.3, -0.25) is 0 Å². The van der Waals surface area contributed by atoms with Gasteiger partial charge >= 0.3 is 0 Å². The Bertz CT molecular complexity index is 155. The highest BCUT2D eigenvalue weighted by molar-refractivity contribution is 4.94. The first-order valence-electron chi connectivity index (χ1n) is 4.57. The van der Waals surface area contributed by atoms with Gasteiger partial charge in [0.05, 0.1) is 0 Å². The fourth-order valence-corrected chi connectivity index (χ4v) is 1.81. The van der Waals surface area contributed by atoms with Crippen molar-refractivity contribution in [2.45, 2.75) is 38.5 Å². The molecular weight excluding hydrogens is 158 g/mol. The summed E-state index contributed by atoms with van der Waals surface area (Å²) in [7, 11) is 0. The number of allylic oxidation sites excluding steroid dienone is 1. The Kier molecular flexibility index (Phi) is 2.86. The topological polar surface area (TPSA) is 0 Å². The van der Waals surface area contributed by atoms with Crippen LogP contribution in [0.3, 0.4) is 0 Å². The zero-order valence-electron chi connectivity index (χ0n) is 7.52. The number of rotatable bonds is 2. The van der Waals surface area contributed by atoms with Crippen LogP contribution in [-0.2, 0) is 0 Å². The summed E-state index contributed by atoms with van der Waals surface area (Å²) in [5.74, 6) is -2.46. The zero-order chi connectivity index (χ0) is 9.19. The molecule has 0 N–H and O–H groups in total. The largest absolute Gasteiger partial charge is 0.268 e. The van der Waals surface area contributed by atoms with Crippen LogP contribution in [0, 0.1) is 11.8 Å². The number of hydrogen-bond acceptors (Lipinski definition) is 0. The Morgan fingerprint density at radius 1 is 1.25 bits per heavy atom. The Balaban J connectivity index is 2.49. The van der Waals surface area contributed by atoms with Crippen molar-refractivity contribution >= 4 is 0 Å². The highest BCUT2D eigenvalue weighted by atomic mass is 19.3. The van der Waals surface area contributed by atoms with Crippen molar-refractivity contribution in [2.24, 2.45) is 11.8 Å². The van der Waals surface area contributed by atoms with Gasteiger partial charge < -0.3 is 0 Å². The van der Waals surface area contributed by atoms with Crippen molar-refractivity contribution < 1.29 is 8.78 Å². The van der Waals surface area contributed by atoms with Gasteiger partial charge in [-0.1, -0.05) is 26.3 Å². The Labute approximate surface area is 72.7 Å². The summed E-state index contributed by atoms with van der Waals surface area (Å²) in [5.41, 5.74) is 0. The highest BCUT2D eigenvalue weighted by Crippen LogP contribution is 2.38. The van der Waals surface area contributed by atoms with Gasteiger partial charge in [-0.25, -0.2) is 8.78 Å². The molecule has 2 heteroatoms. The van der Waals surface area contributed by atoms with Gasteiger partial charge in [-0.2, -0.15) is 0 Å². The second-order valence-electron chi connectivity index (χ2n) is 3.84. The smallest absolute Gasteiger partial charge is 0.202 e. The molecule has 0 amide bonds. The van der Waals surface area contributed by atoms with Crippen molar-refractivity contribution in [3.8, 4) is 0 Å². The molecule has 0 nitrogen and oxygen atoms in total. The van der Waals surface area contributed by atoms with Crippen LogP contribution in [-0.4, -0.2) is 5.92 Å². The van der Waals surface area contributed by atoms with E-state index in [1.807, 2.05) is 0 Å². The summed E-state index contributed by atoms with van der Waals surface area (Å²) in [6.07, 6.45) is 3.98. The van der Waals surface area contributed by atoms with E-state index in [1.54, 1.807) is 0 Å². The summed E-state index contributed by atoms with van der Waals surface area (Å²) < 4.78 is 26.1. The summed E-state index contributed by atoms with van der Waals surface area (Å²) >= 11 is 0. The first-order valence-corrected chi connectivity index (χ1v) is 4.57. The fraction of sp³-hybridized carbons (Fsp3) is 0.800. The van der Waals surface area contributed by atoms with E-state index < -0.39 is 11.8 Å². The standard InChI is InChI=1S/C10H16F2/c1-3-10(11,12)9-6-4-8(2)5-7-9/h3,8-9H,1,4-7H2,2H3. The molecule has 0 unspecified atom stereocenters. The lowest BCUT2D eigenvalue weighted by Gasteiger charge is -2.30. The molecule has 1 saturated carbocycles. The molecule has 1 aliphatic carbocycles. The first kappa shape index (κ1) is 9.69.